The van der Waals surface area contributed by atoms with Gasteiger partial charge in [-0.2, -0.15) is 0 Å². The van der Waals surface area contributed by atoms with Gasteiger partial charge < -0.3 is 11.1 Å². The monoisotopic (exact) mass is 157 g/mol. The Hall–Kier alpha value is -0.410. The normalized spacial score (nSPS) is 11.1. The lowest BCUT2D eigenvalue weighted by Crippen LogP contribution is -2.19. The molecule has 0 radical (unpaired) electrons. The highest BCUT2D eigenvalue weighted by molar-refractivity contribution is 5.53. The van der Waals surface area contributed by atoms with Crippen molar-refractivity contribution in [2.24, 2.45) is 10.7 Å². The summed E-state index contributed by atoms with van der Waals surface area (Å²) in [5.74, 6) is 0. The highest BCUT2D eigenvalue weighted by Crippen LogP contribution is 1.81. The van der Waals surface area contributed by atoms with E-state index in [0.29, 0.717) is 0 Å². The van der Waals surface area contributed by atoms with Crippen molar-refractivity contribution in [3.05, 3.63) is 0 Å². The Morgan fingerprint density at radius 2 is 2.18 bits per heavy atom. The van der Waals surface area contributed by atoms with Crippen molar-refractivity contribution in [1.29, 1.82) is 0 Å². The van der Waals surface area contributed by atoms with Gasteiger partial charge in [0, 0.05) is 6.54 Å². The van der Waals surface area contributed by atoms with Crippen LogP contribution in [-0.2, 0) is 0 Å². The van der Waals surface area contributed by atoms with Crippen molar-refractivity contribution in [3.8, 4) is 0 Å². The van der Waals surface area contributed by atoms with Crippen LogP contribution in [0.1, 0.15) is 19.8 Å². The maximum Gasteiger partial charge on any atom is 0.0510 e. The van der Waals surface area contributed by atoms with E-state index < -0.39 is 0 Å². The van der Waals surface area contributed by atoms with Gasteiger partial charge in [-0.1, -0.05) is 0 Å². The summed E-state index contributed by atoms with van der Waals surface area (Å²) < 4.78 is 0. The van der Waals surface area contributed by atoms with Crippen LogP contribution in [-0.4, -0.2) is 32.4 Å². The number of nitrogens with two attached hydrogens (primary N) is 1. The van der Waals surface area contributed by atoms with Crippen LogP contribution in [0.5, 0.6) is 0 Å². The second kappa shape index (κ2) is 9.59. The molecule has 0 amide bonds. The summed E-state index contributed by atoms with van der Waals surface area (Å²) in [6.45, 7) is 5.67. The minimum Gasteiger partial charge on any atom is -0.330 e. The van der Waals surface area contributed by atoms with Crippen LogP contribution in [0.25, 0.3) is 0 Å². The zero-order valence-corrected chi connectivity index (χ0v) is 7.34. The van der Waals surface area contributed by atoms with Crippen molar-refractivity contribution in [2.75, 3.05) is 26.2 Å². The van der Waals surface area contributed by atoms with Crippen molar-refractivity contribution in [2.45, 2.75) is 19.8 Å². The van der Waals surface area contributed by atoms with E-state index in [1.54, 1.807) is 0 Å². The number of rotatable bonds is 7. The highest BCUT2D eigenvalue weighted by atomic mass is 14.9. The predicted octanol–water partition coefficient (Wildman–Crippen LogP) is 0.406. The molecule has 11 heavy (non-hydrogen) atoms. The minimum atomic E-state index is 0.800. The third kappa shape index (κ3) is 9.59. The molecule has 0 aromatic rings. The van der Waals surface area contributed by atoms with Gasteiger partial charge in [-0.3, -0.25) is 4.99 Å². The van der Waals surface area contributed by atoms with Crippen LogP contribution in [0.2, 0.25) is 0 Å². The Bertz CT molecular complexity index is 91.3. The van der Waals surface area contributed by atoms with Gasteiger partial charge >= 0.3 is 0 Å². The maximum absolute atomic E-state index is 5.34. The molecule has 3 nitrogen and oxygen atoms in total. The summed E-state index contributed by atoms with van der Waals surface area (Å²) in [4.78, 5) is 4.08. The fourth-order valence-corrected chi connectivity index (χ4v) is 0.792. The SMILES string of the molecule is C/C=N\CCNCCCCN. The van der Waals surface area contributed by atoms with Crippen molar-refractivity contribution < 1.29 is 0 Å². The van der Waals surface area contributed by atoms with E-state index in [1.807, 2.05) is 13.1 Å². The first-order chi connectivity index (χ1) is 5.41. The van der Waals surface area contributed by atoms with Crippen LogP contribution in [0.4, 0.5) is 0 Å². The summed E-state index contributed by atoms with van der Waals surface area (Å²) >= 11 is 0. The molecular formula is C8H19N3. The largest absolute Gasteiger partial charge is 0.330 e. The fourth-order valence-electron chi connectivity index (χ4n) is 0.792. The number of hydrogen-bond donors (Lipinski definition) is 2. The minimum absolute atomic E-state index is 0.800. The van der Waals surface area contributed by atoms with Gasteiger partial charge in [-0.05, 0) is 39.1 Å². The molecule has 0 unspecified atom stereocenters. The summed E-state index contributed by atoms with van der Waals surface area (Å²) in [6.07, 6.45) is 4.12. The Morgan fingerprint density at radius 1 is 1.36 bits per heavy atom. The van der Waals surface area contributed by atoms with E-state index in [9.17, 15) is 0 Å². The number of aliphatic imine (C=N–C) groups is 1. The van der Waals surface area contributed by atoms with Crippen LogP contribution in [0, 0.1) is 0 Å². The average molecular weight is 157 g/mol. The molecule has 66 valence electrons. The van der Waals surface area contributed by atoms with Crippen LogP contribution < -0.4 is 11.1 Å². The first kappa shape index (κ1) is 10.6. The number of nitrogens with zero attached hydrogens (tertiary/aromatic N) is 1. The van der Waals surface area contributed by atoms with Gasteiger partial charge in [0.1, 0.15) is 0 Å². The molecule has 0 aliphatic rings. The van der Waals surface area contributed by atoms with Crippen molar-refractivity contribution >= 4 is 6.21 Å². The van der Waals surface area contributed by atoms with Gasteiger partial charge in [0.05, 0.1) is 6.54 Å². The smallest absolute Gasteiger partial charge is 0.0510 e. The Labute approximate surface area is 69.1 Å². The van der Waals surface area contributed by atoms with E-state index in [0.717, 1.165) is 32.6 Å². The Kier molecular flexibility index (Phi) is 9.23. The lowest BCUT2D eigenvalue weighted by atomic mass is 10.3. The van der Waals surface area contributed by atoms with E-state index in [-0.39, 0.29) is 0 Å². The average Bonchev–Trinajstić information content (AvgIpc) is 2.03. The first-order valence-corrected chi connectivity index (χ1v) is 4.27. The molecule has 0 rings (SSSR count). The van der Waals surface area contributed by atoms with E-state index >= 15 is 0 Å². The topological polar surface area (TPSA) is 50.4 Å². The fraction of sp³-hybridized carbons (Fsp3) is 0.875. The molecule has 3 heteroatoms. The molecule has 0 spiro atoms. The second-order valence-corrected chi connectivity index (χ2v) is 2.41. The lowest BCUT2D eigenvalue weighted by molar-refractivity contribution is 0.632. The van der Waals surface area contributed by atoms with E-state index in [1.165, 1.54) is 6.42 Å². The molecule has 0 aromatic heterocycles. The van der Waals surface area contributed by atoms with Gasteiger partial charge in [-0.25, -0.2) is 0 Å². The van der Waals surface area contributed by atoms with Crippen LogP contribution >= 0.6 is 0 Å². The molecule has 0 aliphatic carbocycles. The second-order valence-electron chi connectivity index (χ2n) is 2.41. The zero-order valence-electron chi connectivity index (χ0n) is 7.34. The quantitative estimate of drug-likeness (QED) is 0.415. The number of hydrogen-bond acceptors (Lipinski definition) is 3. The standard InChI is InChI=1S/C8H19N3/c1-2-10-7-8-11-6-4-3-5-9/h2,11H,3-9H2,1H3/b10-2-. The molecule has 0 saturated carbocycles. The third-order valence-corrected chi connectivity index (χ3v) is 1.41. The maximum atomic E-state index is 5.34. The number of nitrogens with one attached hydrogen (secondary N) is 1. The predicted molar refractivity (Wildman–Crippen MR) is 50.2 cm³/mol. The van der Waals surface area contributed by atoms with Crippen LogP contribution in [0.3, 0.4) is 0 Å². The van der Waals surface area contributed by atoms with E-state index in [4.69, 9.17) is 5.73 Å². The molecule has 0 saturated heterocycles. The highest BCUT2D eigenvalue weighted by Gasteiger charge is 1.85. The summed E-state index contributed by atoms with van der Waals surface area (Å²) in [5.41, 5.74) is 5.34. The molecule has 0 aliphatic heterocycles. The zero-order chi connectivity index (χ0) is 8.36. The molecule has 0 heterocycles. The van der Waals surface area contributed by atoms with Gasteiger partial charge in [-0.15, -0.1) is 0 Å². The molecule has 0 fully saturated rings. The van der Waals surface area contributed by atoms with E-state index in [2.05, 4.69) is 10.3 Å². The van der Waals surface area contributed by atoms with Crippen molar-refractivity contribution in [3.63, 3.8) is 0 Å². The van der Waals surface area contributed by atoms with Crippen molar-refractivity contribution in [1.82, 2.24) is 5.32 Å². The number of unbranched alkanes of at least 4 members (excludes halogenated alkanes) is 1. The van der Waals surface area contributed by atoms with Gasteiger partial charge in [0.2, 0.25) is 0 Å². The summed E-state index contributed by atoms with van der Waals surface area (Å²) in [6, 6.07) is 0. The third-order valence-electron chi connectivity index (χ3n) is 1.41. The Morgan fingerprint density at radius 3 is 2.82 bits per heavy atom. The summed E-state index contributed by atoms with van der Waals surface area (Å²) in [7, 11) is 0. The van der Waals surface area contributed by atoms with Gasteiger partial charge in [0.15, 0.2) is 0 Å². The molecule has 3 N–H and O–H groups in total. The molecular weight excluding hydrogens is 138 g/mol. The summed E-state index contributed by atoms with van der Waals surface area (Å²) in [5, 5.41) is 3.29. The Balaban J connectivity index is 2.79. The molecule has 0 aromatic carbocycles. The molecule has 0 atom stereocenters. The first-order valence-electron chi connectivity index (χ1n) is 4.27. The lowest BCUT2D eigenvalue weighted by Gasteiger charge is -2.00. The van der Waals surface area contributed by atoms with Gasteiger partial charge in [0.25, 0.3) is 0 Å². The molecule has 0 bridgehead atoms. The van der Waals surface area contributed by atoms with Crippen LogP contribution in [0.15, 0.2) is 4.99 Å².